The van der Waals surface area contributed by atoms with Crippen LogP contribution in [0, 0.1) is 5.82 Å². The number of halogens is 2. The van der Waals surface area contributed by atoms with Crippen molar-refractivity contribution in [2.45, 2.75) is 17.3 Å². The first-order chi connectivity index (χ1) is 14.0. The van der Waals surface area contributed by atoms with Gasteiger partial charge in [0.15, 0.2) is 4.34 Å². The fourth-order valence-corrected chi connectivity index (χ4v) is 4.09. The maximum Gasteiger partial charge on any atom is 0.234 e. The number of thiazole rings is 1. The highest BCUT2D eigenvalue weighted by Gasteiger charge is 2.10. The third-order valence-corrected chi connectivity index (χ3v) is 6.05. The van der Waals surface area contributed by atoms with Crippen LogP contribution in [0.15, 0.2) is 58.3 Å². The minimum absolute atomic E-state index is 0.129. The zero-order chi connectivity index (χ0) is 20.6. The van der Waals surface area contributed by atoms with Gasteiger partial charge in [-0.15, -0.1) is 11.3 Å². The summed E-state index contributed by atoms with van der Waals surface area (Å²) in [5.74, 6) is -0.521. The predicted molar refractivity (Wildman–Crippen MR) is 115 cm³/mol. The fraction of sp³-hybridized carbons (Fsp3) is 0.150. The molecule has 1 heterocycles. The van der Waals surface area contributed by atoms with Crippen LogP contribution in [0.25, 0.3) is 0 Å². The van der Waals surface area contributed by atoms with E-state index < -0.39 is 0 Å². The first-order valence-electron chi connectivity index (χ1n) is 8.62. The van der Waals surface area contributed by atoms with Crippen LogP contribution < -0.4 is 10.6 Å². The maximum absolute atomic E-state index is 12.9. The van der Waals surface area contributed by atoms with E-state index in [0.717, 1.165) is 5.56 Å². The molecule has 0 radical (unpaired) electrons. The quantitative estimate of drug-likeness (QED) is 0.496. The third kappa shape index (κ3) is 7.16. The molecule has 9 heteroatoms. The van der Waals surface area contributed by atoms with Crippen LogP contribution in [0.2, 0.25) is 5.02 Å². The zero-order valence-electron chi connectivity index (χ0n) is 15.2. The molecule has 3 aromatic rings. The van der Waals surface area contributed by atoms with Crippen molar-refractivity contribution < 1.29 is 14.0 Å². The van der Waals surface area contributed by atoms with Gasteiger partial charge in [0.1, 0.15) is 5.82 Å². The SMILES string of the molecule is O=C(Cc1csc(SCC(=O)Nc2ccc(F)cc2)n1)NCc1ccc(Cl)cc1. The number of nitrogens with zero attached hydrogens (tertiary/aromatic N) is 1. The Balaban J connectivity index is 1.41. The van der Waals surface area contributed by atoms with Gasteiger partial charge in [-0.25, -0.2) is 9.37 Å². The molecule has 0 saturated heterocycles. The largest absolute Gasteiger partial charge is 0.352 e. The fourth-order valence-electron chi connectivity index (χ4n) is 2.32. The molecule has 150 valence electrons. The van der Waals surface area contributed by atoms with E-state index in [1.165, 1.54) is 47.4 Å². The molecule has 2 N–H and O–H groups in total. The Labute approximate surface area is 180 Å². The van der Waals surface area contributed by atoms with Crippen molar-refractivity contribution in [3.8, 4) is 0 Å². The highest BCUT2D eigenvalue weighted by Crippen LogP contribution is 2.23. The van der Waals surface area contributed by atoms with E-state index in [-0.39, 0.29) is 29.8 Å². The summed E-state index contributed by atoms with van der Waals surface area (Å²) in [4.78, 5) is 28.4. The van der Waals surface area contributed by atoms with E-state index in [0.29, 0.717) is 27.3 Å². The number of thioether (sulfide) groups is 1. The lowest BCUT2D eigenvalue weighted by Gasteiger charge is -2.04. The van der Waals surface area contributed by atoms with Gasteiger partial charge in [-0.05, 0) is 42.0 Å². The number of hydrogen-bond donors (Lipinski definition) is 2. The molecule has 2 aromatic carbocycles. The Kier molecular flexibility index (Phi) is 7.62. The van der Waals surface area contributed by atoms with E-state index in [9.17, 15) is 14.0 Å². The number of amides is 2. The van der Waals surface area contributed by atoms with Gasteiger partial charge in [-0.3, -0.25) is 9.59 Å². The van der Waals surface area contributed by atoms with Crippen LogP contribution in [0.5, 0.6) is 0 Å². The molecule has 0 aliphatic rings. The van der Waals surface area contributed by atoms with E-state index >= 15 is 0 Å². The van der Waals surface area contributed by atoms with Crippen LogP contribution >= 0.6 is 34.7 Å². The van der Waals surface area contributed by atoms with Gasteiger partial charge >= 0.3 is 0 Å². The molecular weight excluding hydrogens is 433 g/mol. The van der Waals surface area contributed by atoms with Crippen LogP contribution in [-0.4, -0.2) is 22.6 Å². The lowest BCUT2D eigenvalue weighted by molar-refractivity contribution is -0.120. The van der Waals surface area contributed by atoms with Crippen molar-refractivity contribution in [1.29, 1.82) is 0 Å². The molecule has 2 amide bonds. The van der Waals surface area contributed by atoms with Crippen molar-refractivity contribution >= 4 is 52.2 Å². The summed E-state index contributed by atoms with van der Waals surface area (Å²) in [6.45, 7) is 0.422. The Hall–Kier alpha value is -2.42. The molecule has 0 bridgehead atoms. The molecule has 3 rings (SSSR count). The van der Waals surface area contributed by atoms with Gasteiger partial charge in [-0.2, -0.15) is 0 Å². The number of rotatable bonds is 8. The van der Waals surface area contributed by atoms with Gasteiger partial charge in [0, 0.05) is 22.6 Å². The summed E-state index contributed by atoms with van der Waals surface area (Å²) in [5, 5.41) is 7.99. The summed E-state index contributed by atoms with van der Waals surface area (Å²) >= 11 is 8.51. The van der Waals surface area contributed by atoms with Crippen LogP contribution in [0.1, 0.15) is 11.3 Å². The monoisotopic (exact) mass is 449 g/mol. The molecule has 0 aliphatic heterocycles. The van der Waals surface area contributed by atoms with Crippen LogP contribution in [0.3, 0.4) is 0 Å². The highest BCUT2D eigenvalue weighted by atomic mass is 35.5. The van der Waals surface area contributed by atoms with E-state index in [1.807, 2.05) is 17.5 Å². The van der Waals surface area contributed by atoms with E-state index in [4.69, 9.17) is 11.6 Å². The topological polar surface area (TPSA) is 71.1 Å². The van der Waals surface area contributed by atoms with Crippen LogP contribution in [-0.2, 0) is 22.6 Å². The van der Waals surface area contributed by atoms with E-state index in [1.54, 1.807) is 12.1 Å². The van der Waals surface area contributed by atoms with Gasteiger partial charge in [0.25, 0.3) is 0 Å². The molecule has 5 nitrogen and oxygen atoms in total. The van der Waals surface area contributed by atoms with Gasteiger partial charge < -0.3 is 10.6 Å². The lowest BCUT2D eigenvalue weighted by atomic mass is 10.2. The number of hydrogen-bond acceptors (Lipinski definition) is 5. The second-order valence-electron chi connectivity index (χ2n) is 6.03. The Morgan fingerprint density at radius 3 is 2.52 bits per heavy atom. The van der Waals surface area contributed by atoms with Gasteiger partial charge in [0.2, 0.25) is 11.8 Å². The molecule has 0 atom stereocenters. The minimum Gasteiger partial charge on any atom is -0.352 e. The first-order valence-corrected chi connectivity index (χ1v) is 10.9. The van der Waals surface area contributed by atoms with Gasteiger partial charge in [-0.1, -0.05) is 35.5 Å². The predicted octanol–water partition coefficient (Wildman–Crippen LogP) is 4.53. The Morgan fingerprint density at radius 2 is 1.79 bits per heavy atom. The van der Waals surface area contributed by atoms with Crippen molar-refractivity contribution in [1.82, 2.24) is 10.3 Å². The normalized spacial score (nSPS) is 10.6. The average Bonchev–Trinajstić information content (AvgIpc) is 3.15. The van der Waals surface area contributed by atoms with Crippen molar-refractivity contribution in [2.24, 2.45) is 0 Å². The van der Waals surface area contributed by atoms with Crippen LogP contribution in [0.4, 0.5) is 10.1 Å². The molecule has 0 spiro atoms. The second-order valence-corrected chi connectivity index (χ2v) is 8.55. The zero-order valence-corrected chi connectivity index (χ0v) is 17.5. The number of aromatic nitrogens is 1. The van der Waals surface area contributed by atoms with Crippen molar-refractivity contribution in [2.75, 3.05) is 11.1 Å². The molecule has 0 unspecified atom stereocenters. The number of nitrogens with one attached hydrogen (secondary N) is 2. The van der Waals surface area contributed by atoms with Crippen molar-refractivity contribution in [3.63, 3.8) is 0 Å². The number of benzene rings is 2. The number of carbonyl (C=O) groups is 2. The maximum atomic E-state index is 12.9. The standard InChI is InChI=1S/C20H17ClFN3O2S2/c21-14-3-1-13(2-4-14)10-23-18(26)9-17-11-28-20(25-17)29-12-19(27)24-16-7-5-15(22)6-8-16/h1-8,11H,9-10,12H2,(H,23,26)(H,24,27). The summed E-state index contributed by atoms with van der Waals surface area (Å²) in [7, 11) is 0. The molecule has 29 heavy (non-hydrogen) atoms. The molecule has 0 aliphatic carbocycles. The molecular formula is C20H17ClFN3O2S2. The van der Waals surface area contributed by atoms with E-state index in [2.05, 4.69) is 15.6 Å². The number of carbonyl (C=O) groups excluding carboxylic acids is 2. The first kappa shape index (κ1) is 21.3. The Bertz CT molecular complexity index is 978. The summed E-state index contributed by atoms with van der Waals surface area (Å²) < 4.78 is 13.6. The lowest BCUT2D eigenvalue weighted by Crippen LogP contribution is -2.24. The molecule has 1 aromatic heterocycles. The highest BCUT2D eigenvalue weighted by molar-refractivity contribution is 8.01. The third-order valence-electron chi connectivity index (χ3n) is 3.73. The molecule has 0 fully saturated rings. The summed E-state index contributed by atoms with van der Waals surface area (Å²) in [6.07, 6.45) is 0.173. The number of anilines is 1. The molecule has 0 saturated carbocycles. The smallest absolute Gasteiger partial charge is 0.234 e. The summed E-state index contributed by atoms with van der Waals surface area (Å²) in [5.41, 5.74) is 2.16. The van der Waals surface area contributed by atoms with Gasteiger partial charge in [0.05, 0.1) is 17.9 Å². The average molecular weight is 450 g/mol. The summed E-state index contributed by atoms with van der Waals surface area (Å²) in [6, 6.07) is 12.8. The van der Waals surface area contributed by atoms with Crippen molar-refractivity contribution in [3.05, 3.63) is 76.0 Å². The Morgan fingerprint density at radius 1 is 1.07 bits per heavy atom. The minimum atomic E-state index is -0.357. The second kappa shape index (κ2) is 10.4.